The number of anilines is 1. The van der Waals surface area contributed by atoms with Crippen LogP contribution in [-0.4, -0.2) is 60.1 Å². The zero-order valence-electron chi connectivity index (χ0n) is 16.0. The van der Waals surface area contributed by atoms with Gasteiger partial charge in [-0.1, -0.05) is 0 Å². The Morgan fingerprint density at radius 1 is 1.43 bits per heavy atom. The van der Waals surface area contributed by atoms with Crippen LogP contribution in [0.4, 0.5) is 28.6 Å². The first-order chi connectivity index (χ1) is 12.9. The van der Waals surface area contributed by atoms with Crippen LogP contribution in [0.2, 0.25) is 0 Å². The third kappa shape index (κ3) is 5.72. The molecule has 0 aliphatic carbocycles. The average Bonchev–Trinajstić information content (AvgIpc) is 2.93. The molecule has 1 saturated heterocycles. The number of pyridine rings is 1. The number of halogens is 3. The molecule has 0 saturated carbocycles. The second kappa shape index (κ2) is 8.21. The summed E-state index contributed by atoms with van der Waals surface area (Å²) >= 11 is 0. The lowest BCUT2D eigenvalue weighted by atomic mass is 10.1. The maximum atomic E-state index is 13.0. The van der Waals surface area contributed by atoms with Crippen LogP contribution in [0.15, 0.2) is 18.3 Å². The van der Waals surface area contributed by atoms with Gasteiger partial charge in [0.2, 0.25) is 0 Å². The van der Waals surface area contributed by atoms with Crippen molar-refractivity contribution in [1.29, 1.82) is 0 Å². The van der Waals surface area contributed by atoms with Crippen molar-refractivity contribution in [3.05, 3.63) is 23.9 Å². The minimum absolute atomic E-state index is 0.0338. The molecule has 1 aliphatic heterocycles. The summed E-state index contributed by atoms with van der Waals surface area (Å²) < 4.78 is 49.1. The van der Waals surface area contributed by atoms with Crippen molar-refractivity contribution >= 4 is 17.9 Å². The molecule has 0 radical (unpaired) electrons. The van der Waals surface area contributed by atoms with Crippen molar-refractivity contribution in [3.63, 3.8) is 0 Å². The van der Waals surface area contributed by atoms with Gasteiger partial charge in [0.25, 0.3) is 0 Å². The van der Waals surface area contributed by atoms with E-state index in [1.807, 2.05) is 5.32 Å². The minimum atomic E-state index is -4.55. The van der Waals surface area contributed by atoms with E-state index >= 15 is 0 Å². The zero-order valence-corrected chi connectivity index (χ0v) is 16.0. The summed E-state index contributed by atoms with van der Waals surface area (Å²) in [6, 6.07) is -0.595. The molecule has 1 aromatic heterocycles. The van der Waals surface area contributed by atoms with Gasteiger partial charge in [-0.15, -0.1) is 0 Å². The number of nitrogens with zero attached hydrogens (tertiary/aromatic N) is 2. The Balaban J connectivity index is 2.20. The lowest BCUT2D eigenvalue weighted by molar-refractivity contribution is -0.150. The van der Waals surface area contributed by atoms with Gasteiger partial charge in [0.1, 0.15) is 17.5 Å². The first kappa shape index (κ1) is 21.7. The molecule has 8 nitrogen and oxygen atoms in total. The topological polar surface area (TPSA) is 92.8 Å². The van der Waals surface area contributed by atoms with E-state index in [1.165, 1.54) is 25.4 Å². The summed E-state index contributed by atoms with van der Waals surface area (Å²) in [7, 11) is 1.38. The SMILES string of the molecule is COC[C@@H](c1ccnc(NC(=O)OC(C)(C)C)c1)N1C[C@@H](C(F)(F)F)NC1=O. The Morgan fingerprint density at radius 3 is 2.64 bits per heavy atom. The van der Waals surface area contributed by atoms with Gasteiger partial charge in [0, 0.05) is 13.3 Å². The fourth-order valence-corrected chi connectivity index (χ4v) is 2.67. The highest BCUT2D eigenvalue weighted by Gasteiger charge is 2.48. The van der Waals surface area contributed by atoms with E-state index in [-0.39, 0.29) is 12.4 Å². The predicted molar refractivity (Wildman–Crippen MR) is 93.8 cm³/mol. The fraction of sp³-hybridized carbons (Fsp3) is 0.588. The molecule has 0 bridgehead atoms. The van der Waals surface area contributed by atoms with Crippen molar-refractivity contribution in [2.24, 2.45) is 0 Å². The highest BCUT2D eigenvalue weighted by Crippen LogP contribution is 2.30. The Labute approximate surface area is 160 Å². The van der Waals surface area contributed by atoms with Gasteiger partial charge >= 0.3 is 18.3 Å². The second-order valence-corrected chi connectivity index (χ2v) is 7.27. The van der Waals surface area contributed by atoms with Crippen LogP contribution in [0, 0.1) is 0 Å². The Morgan fingerprint density at radius 2 is 2.11 bits per heavy atom. The molecule has 2 heterocycles. The fourth-order valence-electron chi connectivity index (χ4n) is 2.67. The number of urea groups is 1. The molecule has 28 heavy (non-hydrogen) atoms. The molecule has 1 fully saturated rings. The molecular weight excluding hydrogens is 381 g/mol. The van der Waals surface area contributed by atoms with Crippen molar-refractivity contribution in [2.75, 3.05) is 25.6 Å². The van der Waals surface area contributed by atoms with E-state index in [1.54, 1.807) is 20.8 Å². The molecule has 11 heteroatoms. The van der Waals surface area contributed by atoms with E-state index in [2.05, 4.69) is 10.3 Å². The minimum Gasteiger partial charge on any atom is -0.444 e. The largest absolute Gasteiger partial charge is 0.444 e. The van der Waals surface area contributed by atoms with E-state index in [0.29, 0.717) is 5.56 Å². The highest BCUT2D eigenvalue weighted by molar-refractivity contribution is 5.83. The molecule has 0 spiro atoms. The van der Waals surface area contributed by atoms with Crippen molar-refractivity contribution in [1.82, 2.24) is 15.2 Å². The number of methoxy groups -OCH3 is 1. The van der Waals surface area contributed by atoms with Crippen LogP contribution in [0.25, 0.3) is 0 Å². The maximum Gasteiger partial charge on any atom is 0.413 e. The first-order valence-electron chi connectivity index (χ1n) is 8.49. The molecule has 1 aromatic rings. The lowest BCUT2D eigenvalue weighted by Gasteiger charge is -2.27. The van der Waals surface area contributed by atoms with Gasteiger partial charge in [-0.25, -0.2) is 14.6 Å². The summed E-state index contributed by atoms with van der Waals surface area (Å²) in [5.74, 6) is 0.139. The van der Waals surface area contributed by atoms with Crippen LogP contribution in [0.5, 0.6) is 0 Å². The van der Waals surface area contributed by atoms with Gasteiger partial charge in [0.05, 0.1) is 19.2 Å². The number of aromatic nitrogens is 1. The Hall–Kier alpha value is -2.56. The van der Waals surface area contributed by atoms with Crippen LogP contribution in [0.3, 0.4) is 0 Å². The third-order valence-electron chi connectivity index (χ3n) is 3.83. The van der Waals surface area contributed by atoms with Gasteiger partial charge in [-0.05, 0) is 38.5 Å². The average molecular weight is 404 g/mol. The molecule has 1 aliphatic rings. The third-order valence-corrected chi connectivity index (χ3v) is 3.83. The number of amides is 3. The van der Waals surface area contributed by atoms with E-state index < -0.39 is 42.5 Å². The summed E-state index contributed by atoms with van der Waals surface area (Å²) in [5, 5.41) is 4.38. The number of rotatable bonds is 5. The van der Waals surface area contributed by atoms with Crippen LogP contribution in [-0.2, 0) is 9.47 Å². The van der Waals surface area contributed by atoms with Crippen molar-refractivity contribution in [2.45, 2.75) is 44.6 Å². The first-order valence-corrected chi connectivity index (χ1v) is 8.49. The molecule has 156 valence electrons. The molecule has 0 unspecified atom stereocenters. The van der Waals surface area contributed by atoms with Gasteiger partial charge in [0.15, 0.2) is 0 Å². The number of carbonyl (C=O) groups is 2. The number of alkyl halides is 3. The number of carbonyl (C=O) groups excluding carboxylic acids is 2. The molecule has 0 aromatic carbocycles. The summed E-state index contributed by atoms with van der Waals surface area (Å²) in [6.07, 6.45) is -3.90. The predicted octanol–water partition coefficient (Wildman–Crippen LogP) is 3.07. The van der Waals surface area contributed by atoms with E-state index in [0.717, 1.165) is 4.90 Å². The Bertz CT molecular complexity index is 721. The van der Waals surface area contributed by atoms with Crippen LogP contribution in [0.1, 0.15) is 32.4 Å². The number of ether oxygens (including phenoxy) is 2. The molecule has 3 amide bonds. The lowest BCUT2D eigenvalue weighted by Crippen LogP contribution is -2.40. The van der Waals surface area contributed by atoms with E-state index in [9.17, 15) is 22.8 Å². The molecule has 2 atom stereocenters. The van der Waals surface area contributed by atoms with Crippen LogP contribution >= 0.6 is 0 Å². The van der Waals surface area contributed by atoms with Gasteiger partial charge in [-0.2, -0.15) is 13.2 Å². The summed E-state index contributed by atoms with van der Waals surface area (Å²) in [4.78, 5) is 29.0. The highest BCUT2D eigenvalue weighted by atomic mass is 19.4. The molecule has 2 N–H and O–H groups in total. The molecular formula is C17H23F3N4O4. The van der Waals surface area contributed by atoms with Gasteiger partial charge in [-0.3, -0.25) is 5.32 Å². The number of hydrogen-bond donors (Lipinski definition) is 2. The second-order valence-electron chi connectivity index (χ2n) is 7.27. The Kier molecular flexibility index (Phi) is 6.37. The zero-order chi connectivity index (χ0) is 21.1. The van der Waals surface area contributed by atoms with Crippen molar-refractivity contribution in [3.8, 4) is 0 Å². The number of nitrogens with one attached hydrogen (secondary N) is 2. The van der Waals surface area contributed by atoms with Crippen molar-refractivity contribution < 1.29 is 32.2 Å². The standard InChI is InChI=1S/C17H23F3N4O4/c1-16(2,3)28-15(26)23-13-7-10(5-6-21-13)11(9-27-4)24-8-12(17(18,19)20)22-14(24)25/h5-7,11-12H,8-9H2,1-4H3,(H,22,25)(H,21,23,26)/t11-,12-/m0/s1. The number of hydrogen-bond acceptors (Lipinski definition) is 5. The van der Waals surface area contributed by atoms with E-state index in [4.69, 9.17) is 9.47 Å². The summed E-state index contributed by atoms with van der Waals surface area (Å²) in [5.41, 5.74) is -0.249. The quantitative estimate of drug-likeness (QED) is 0.787. The molecule has 2 rings (SSSR count). The smallest absolute Gasteiger partial charge is 0.413 e. The normalized spacial score (nSPS) is 18.6. The maximum absolute atomic E-state index is 13.0. The monoisotopic (exact) mass is 404 g/mol. The van der Waals surface area contributed by atoms with Crippen LogP contribution < -0.4 is 10.6 Å². The summed E-state index contributed by atoms with van der Waals surface area (Å²) in [6.45, 7) is 4.53. The van der Waals surface area contributed by atoms with Gasteiger partial charge < -0.3 is 19.7 Å².